The molecule has 0 radical (unpaired) electrons. The summed E-state index contributed by atoms with van der Waals surface area (Å²) in [6.07, 6.45) is 1.24. The number of nitrogens with one attached hydrogen (secondary N) is 3. The van der Waals surface area contributed by atoms with Gasteiger partial charge in [-0.15, -0.1) is 0 Å². The Bertz CT molecular complexity index is 674. The van der Waals surface area contributed by atoms with Gasteiger partial charge in [-0.1, -0.05) is 13.3 Å². The van der Waals surface area contributed by atoms with Crippen LogP contribution in [0.15, 0.2) is 20.7 Å². The standard InChI is InChI=1S/C9H13N3O6S/c1-2-3-5(8(14)15)12-19(17,18)6-4-10-9(16)11-7(6)13/h4-5,12H,2-3H2,1H3,(H,14,15)(H2,10,11,13,16)/t5-/m1/s1. The molecule has 0 amide bonds. The van der Waals surface area contributed by atoms with Gasteiger partial charge in [-0.3, -0.25) is 14.6 Å². The van der Waals surface area contributed by atoms with Crippen LogP contribution in [0.3, 0.4) is 0 Å². The second kappa shape index (κ2) is 5.80. The third-order valence-corrected chi connectivity index (χ3v) is 3.72. The number of sulfonamides is 1. The van der Waals surface area contributed by atoms with E-state index in [1.54, 1.807) is 11.9 Å². The van der Waals surface area contributed by atoms with E-state index in [-0.39, 0.29) is 6.42 Å². The fourth-order valence-electron chi connectivity index (χ4n) is 1.37. The van der Waals surface area contributed by atoms with E-state index < -0.39 is 38.2 Å². The first-order valence-corrected chi connectivity index (χ1v) is 6.83. The van der Waals surface area contributed by atoms with Crippen molar-refractivity contribution in [3.63, 3.8) is 0 Å². The number of aliphatic carboxylic acids is 1. The Labute approximate surface area is 107 Å². The topological polar surface area (TPSA) is 149 Å². The second-order valence-electron chi connectivity index (χ2n) is 3.74. The zero-order chi connectivity index (χ0) is 14.6. The molecule has 0 aliphatic rings. The summed E-state index contributed by atoms with van der Waals surface area (Å²) < 4.78 is 25.6. The second-order valence-corrected chi connectivity index (χ2v) is 5.42. The maximum absolute atomic E-state index is 11.8. The van der Waals surface area contributed by atoms with Crippen LogP contribution in [0.5, 0.6) is 0 Å². The number of hydrogen-bond donors (Lipinski definition) is 4. The predicted octanol–water partition coefficient (Wildman–Crippen LogP) is -1.41. The molecular weight excluding hydrogens is 278 g/mol. The third kappa shape index (κ3) is 3.76. The largest absolute Gasteiger partial charge is 0.480 e. The van der Waals surface area contributed by atoms with Gasteiger partial charge < -0.3 is 10.1 Å². The van der Waals surface area contributed by atoms with Crippen LogP contribution >= 0.6 is 0 Å². The highest BCUT2D eigenvalue weighted by Gasteiger charge is 2.26. The van der Waals surface area contributed by atoms with Gasteiger partial charge in [-0.05, 0) is 6.42 Å². The van der Waals surface area contributed by atoms with Gasteiger partial charge in [0.25, 0.3) is 5.56 Å². The van der Waals surface area contributed by atoms with Crippen molar-refractivity contribution in [3.8, 4) is 0 Å². The van der Waals surface area contributed by atoms with Crippen molar-refractivity contribution >= 4 is 16.0 Å². The highest BCUT2D eigenvalue weighted by Crippen LogP contribution is 2.04. The lowest BCUT2D eigenvalue weighted by Crippen LogP contribution is -2.42. The molecule has 1 rings (SSSR count). The summed E-state index contributed by atoms with van der Waals surface area (Å²) in [5.41, 5.74) is -1.97. The molecule has 0 fully saturated rings. The van der Waals surface area contributed by atoms with E-state index in [9.17, 15) is 22.8 Å². The number of H-pyrrole nitrogens is 2. The molecule has 1 atom stereocenters. The molecule has 1 heterocycles. The van der Waals surface area contributed by atoms with Crippen LogP contribution in [0, 0.1) is 0 Å². The quantitative estimate of drug-likeness (QED) is 0.506. The Hall–Kier alpha value is -1.94. The molecule has 10 heteroatoms. The van der Waals surface area contributed by atoms with Crippen LogP contribution in [0.2, 0.25) is 0 Å². The molecule has 1 aromatic heterocycles. The number of rotatable bonds is 6. The normalized spacial score (nSPS) is 13.1. The molecule has 19 heavy (non-hydrogen) atoms. The van der Waals surface area contributed by atoms with Crippen molar-refractivity contribution in [3.05, 3.63) is 27.0 Å². The van der Waals surface area contributed by atoms with Crippen molar-refractivity contribution in [1.82, 2.24) is 14.7 Å². The predicted molar refractivity (Wildman–Crippen MR) is 64.3 cm³/mol. The van der Waals surface area contributed by atoms with E-state index in [1.807, 2.05) is 9.71 Å². The number of aromatic amines is 2. The maximum Gasteiger partial charge on any atom is 0.325 e. The Morgan fingerprint density at radius 3 is 2.58 bits per heavy atom. The lowest BCUT2D eigenvalue weighted by atomic mass is 10.2. The highest BCUT2D eigenvalue weighted by atomic mass is 32.2. The Balaban J connectivity index is 3.13. The van der Waals surface area contributed by atoms with Gasteiger partial charge in [0.1, 0.15) is 6.04 Å². The summed E-state index contributed by atoms with van der Waals surface area (Å²) in [7, 11) is -4.32. The van der Waals surface area contributed by atoms with Crippen molar-refractivity contribution in [2.24, 2.45) is 0 Å². The molecule has 0 aromatic carbocycles. The van der Waals surface area contributed by atoms with Crippen molar-refractivity contribution in [2.45, 2.75) is 30.7 Å². The minimum absolute atomic E-state index is 0.0792. The van der Waals surface area contributed by atoms with Gasteiger partial charge in [-0.2, -0.15) is 4.72 Å². The monoisotopic (exact) mass is 291 g/mol. The number of aromatic nitrogens is 2. The molecule has 0 aliphatic carbocycles. The van der Waals surface area contributed by atoms with Gasteiger partial charge in [0, 0.05) is 6.20 Å². The number of hydrogen-bond acceptors (Lipinski definition) is 5. The molecule has 9 nitrogen and oxygen atoms in total. The number of carbonyl (C=O) groups is 1. The van der Waals surface area contributed by atoms with E-state index in [1.165, 1.54) is 0 Å². The molecule has 106 valence electrons. The zero-order valence-electron chi connectivity index (χ0n) is 9.97. The smallest absolute Gasteiger partial charge is 0.325 e. The van der Waals surface area contributed by atoms with Gasteiger partial charge >= 0.3 is 11.7 Å². The molecule has 0 bridgehead atoms. The average Bonchev–Trinajstić information content (AvgIpc) is 2.27. The minimum atomic E-state index is -4.32. The number of carboxylic acids is 1. The van der Waals surface area contributed by atoms with Crippen LogP contribution in [0.1, 0.15) is 19.8 Å². The van der Waals surface area contributed by atoms with Gasteiger partial charge in [0.15, 0.2) is 4.90 Å². The summed E-state index contributed by atoms with van der Waals surface area (Å²) in [4.78, 5) is 36.0. The molecule has 1 aromatic rings. The maximum atomic E-state index is 11.8. The van der Waals surface area contributed by atoms with Crippen LogP contribution < -0.4 is 16.0 Å². The molecule has 0 unspecified atom stereocenters. The van der Waals surface area contributed by atoms with Gasteiger partial charge in [0.05, 0.1) is 0 Å². The van der Waals surface area contributed by atoms with E-state index in [4.69, 9.17) is 5.11 Å². The van der Waals surface area contributed by atoms with E-state index in [0.29, 0.717) is 12.6 Å². The Morgan fingerprint density at radius 1 is 1.47 bits per heavy atom. The first-order chi connectivity index (χ1) is 8.77. The van der Waals surface area contributed by atoms with Crippen LogP contribution in [-0.4, -0.2) is 35.5 Å². The lowest BCUT2D eigenvalue weighted by Gasteiger charge is -2.13. The fourth-order valence-corrected chi connectivity index (χ4v) is 2.60. The molecular formula is C9H13N3O6S. The summed E-state index contributed by atoms with van der Waals surface area (Å²) >= 11 is 0. The zero-order valence-corrected chi connectivity index (χ0v) is 10.8. The minimum Gasteiger partial charge on any atom is -0.480 e. The number of carboxylic acid groups (broad SMARTS) is 1. The van der Waals surface area contributed by atoms with Crippen molar-refractivity contribution in [2.75, 3.05) is 0 Å². The van der Waals surface area contributed by atoms with Gasteiger partial charge in [0.2, 0.25) is 10.0 Å². The van der Waals surface area contributed by atoms with E-state index in [0.717, 1.165) is 0 Å². The van der Waals surface area contributed by atoms with Crippen LogP contribution in [0.4, 0.5) is 0 Å². The van der Waals surface area contributed by atoms with Crippen molar-refractivity contribution in [1.29, 1.82) is 0 Å². The third-order valence-electron chi connectivity index (χ3n) is 2.25. The summed E-state index contributed by atoms with van der Waals surface area (Å²) in [5, 5.41) is 8.86. The van der Waals surface area contributed by atoms with Gasteiger partial charge in [-0.25, -0.2) is 13.2 Å². The van der Waals surface area contributed by atoms with E-state index in [2.05, 4.69) is 0 Å². The Morgan fingerprint density at radius 2 is 2.11 bits per heavy atom. The SMILES string of the molecule is CCC[C@@H](NS(=O)(=O)c1c[nH]c(=O)[nH]c1=O)C(=O)O. The first kappa shape index (κ1) is 15.1. The molecule has 0 aliphatic heterocycles. The molecule has 0 saturated carbocycles. The van der Waals surface area contributed by atoms with Crippen LogP contribution in [0.25, 0.3) is 0 Å². The Kier molecular flexibility index (Phi) is 4.62. The summed E-state index contributed by atoms with van der Waals surface area (Å²) in [5.74, 6) is -1.34. The first-order valence-electron chi connectivity index (χ1n) is 5.35. The van der Waals surface area contributed by atoms with Crippen LogP contribution in [-0.2, 0) is 14.8 Å². The molecule has 4 N–H and O–H groups in total. The molecule has 0 saturated heterocycles. The summed E-state index contributed by atoms with van der Waals surface area (Å²) in [6.45, 7) is 1.69. The highest BCUT2D eigenvalue weighted by molar-refractivity contribution is 7.89. The molecule has 0 spiro atoms. The van der Waals surface area contributed by atoms with E-state index >= 15 is 0 Å². The average molecular weight is 291 g/mol. The van der Waals surface area contributed by atoms with Crippen molar-refractivity contribution < 1.29 is 18.3 Å². The summed E-state index contributed by atoms with van der Waals surface area (Å²) in [6, 6.07) is -1.33. The lowest BCUT2D eigenvalue weighted by molar-refractivity contribution is -0.139. The fraction of sp³-hybridized carbons (Fsp3) is 0.444.